The zero-order valence-electron chi connectivity index (χ0n) is 12.0. The Kier molecular flexibility index (Phi) is 3.31. The number of carbonyl (C=O) groups excluding carboxylic acids is 1. The molecule has 0 aliphatic heterocycles. The van der Waals surface area contributed by atoms with Gasteiger partial charge in [-0.1, -0.05) is 11.3 Å². The van der Waals surface area contributed by atoms with Crippen LogP contribution in [0.4, 0.5) is 10.9 Å². The van der Waals surface area contributed by atoms with Gasteiger partial charge in [-0.3, -0.25) is 4.79 Å². The van der Waals surface area contributed by atoms with Crippen LogP contribution in [0.1, 0.15) is 9.67 Å². The molecule has 11 heteroatoms. The molecule has 1 amide bonds. The number of primary amides is 1. The fourth-order valence-electron chi connectivity index (χ4n) is 2.04. The van der Waals surface area contributed by atoms with Crippen molar-refractivity contribution in [2.45, 2.75) is 0 Å². The second-order valence-corrected chi connectivity index (χ2v) is 5.61. The van der Waals surface area contributed by atoms with Gasteiger partial charge in [-0.2, -0.15) is 9.78 Å². The molecule has 3 N–H and O–H groups in total. The molecular formula is C13H9N9OS. The first kappa shape index (κ1) is 14.1. The first-order valence-corrected chi connectivity index (χ1v) is 7.53. The van der Waals surface area contributed by atoms with E-state index in [1.54, 1.807) is 24.7 Å². The molecule has 0 saturated heterocycles. The number of anilines is 2. The number of rotatable bonds is 4. The van der Waals surface area contributed by atoms with Crippen molar-refractivity contribution in [1.82, 2.24) is 34.7 Å². The summed E-state index contributed by atoms with van der Waals surface area (Å²) in [6, 6.07) is 1.72. The maximum atomic E-state index is 11.2. The van der Waals surface area contributed by atoms with Crippen LogP contribution in [0.3, 0.4) is 0 Å². The Morgan fingerprint density at radius 1 is 1.12 bits per heavy atom. The molecule has 0 aliphatic rings. The molecule has 0 aromatic carbocycles. The van der Waals surface area contributed by atoms with Crippen molar-refractivity contribution in [2.24, 2.45) is 5.73 Å². The van der Waals surface area contributed by atoms with Crippen LogP contribution in [-0.2, 0) is 0 Å². The minimum absolute atomic E-state index is 0.358. The lowest BCUT2D eigenvalue weighted by atomic mass is 10.4. The van der Waals surface area contributed by atoms with Gasteiger partial charge < -0.3 is 11.1 Å². The summed E-state index contributed by atoms with van der Waals surface area (Å²) in [5, 5.41) is 8.46. The van der Waals surface area contributed by atoms with E-state index in [1.807, 2.05) is 0 Å². The van der Waals surface area contributed by atoms with Gasteiger partial charge in [-0.15, -0.1) is 0 Å². The molecule has 0 saturated carbocycles. The first-order valence-electron chi connectivity index (χ1n) is 6.71. The number of hydrogen-bond acceptors (Lipinski definition) is 9. The van der Waals surface area contributed by atoms with Gasteiger partial charge in [0.15, 0.2) is 10.8 Å². The number of nitrogens with zero attached hydrogens (tertiary/aromatic N) is 7. The molecule has 0 bridgehead atoms. The lowest BCUT2D eigenvalue weighted by molar-refractivity contribution is 0.100. The third kappa shape index (κ3) is 2.42. The van der Waals surface area contributed by atoms with Crippen molar-refractivity contribution in [3.05, 3.63) is 42.1 Å². The fourth-order valence-corrected chi connectivity index (χ4v) is 2.71. The highest BCUT2D eigenvalue weighted by molar-refractivity contribution is 7.17. The summed E-state index contributed by atoms with van der Waals surface area (Å²) in [6.07, 6.45) is 7.66. The Hall–Kier alpha value is -3.47. The molecule has 0 unspecified atom stereocenters. The smallest absolute Gasteiger partial charge is 0.260 e. The Bertz CT molecular complexity index is 1030. The van der Waals surface area contributed by atoms with Crippen LogP contribution in [-0.4, -0.2) is 40.6 Å². The minimum atomic E-state index is -0.526. The number of fused-ring (bicyclic) bond motifs is 1. The van der Waals surface area contributed by atoms with Crippen molar-refractivity contribution in [2.75, 3.05) is 5.32 Å². The number of amides is 1. The van der Waals surface area contributed by atoms with Gasteiger partial charge in [0.1, 0.15) is 17.0 Å². The van der Waals surface area contributed by atoms with Crippen LogP contribution in [0, 0.1) is 0 Å². The zero-order valence-corrected chi connectivity index (χ0v) is 12.8. The summed E-state index contributed by atoms with van der Waals surface area (Å²) >= 11 is 1.14. The van der Waals surface area contributed by atoms with Crippen LogP contribution in [0.25, 0.3) is 17.0 Å². The molecule has 0 aliphatic carbocycles. The summed E-state index contributed by atoms with van der Waals surface area (Å²) in [5.74, 6) is 0.386. The van der Waals surface area contributed by atoms with E-state index >= 15 is 0 Å². The molecule has 10 nitrogen and oxygen atoms in total. The highest BCUT2D eigenvalue weighted by atomic mass is 32.1. The number of hydrogen-bond donors (Lipinski definition) is 2. The lowest BCUT2D eigenvalue weighted by Gasteiger charge is -2.03. The average molecular weight is 339 g/mol. The number of thiazole rings is 1. The largest absolute Gasteiger partial charge is 0.365 e. The van der Waals surface area contributed by atoms with Crippen molar-refractivity contribution in [3.63, 3.8) is 0 Å². The first-order chi connectivity index (χ1) is 11.7. The molecular weight excluding hydrogens is 330 g/mol. The van der Waals surface area contributed by atoms with Crippen LogP contribution in [0.15, 0.2) is 37.2 Å². The van der Waals surface area contributed by atoms with Gasteiger partial charge in [0.05, 0.1) is 17.8 Å². The second-order valence-electron chi connectivity index (χ2n) is 4.58. The van der Waals surface area contributed by atoms with Gasteiger partial charge >= 0.3 is 0 Å². The van der Waals surface area contributed by atoms with Crippen LogP contribution in [0.2, 0.25) is 0 Å². The highest BCUT2D eigenvalue weighted by Crippen LogP contribution is 2.26. The molecule has 0 radical (unpaired) electrons. The lowest BCUT2D eigenvalue weighted by Crippen LogP contribution is -2.08. The highest BCUT2D eigenvalue weighted by Gasteiger charge is 2.14. The van der Waals surface area contributed by atoms with Crippen LogP contribution >= 0.6 is 11.3 Å². The molecule has 24 heavy (non-hydrogen) atoms. The molecule has 0 fully saturated rings. The molecule has 4 aromatic rings. The van der Waals surface area contributed by atoms with E-state index in [0.717, 1.165) is 11.3 Å². The standard InChI is InChI=1S/C13H9N9OS/c14-9(23)8-5-17-13(24-8)21-10-7-4-20-22(11(7)19-6-18-10)12-15-2-1-3-16-12/h1-6H,(H2,14,23)(H,17,18,19,21). The zero-order chi connectivity index (χ0) is 16.5. The Balaban J connectivity index is 1.74. The van der Waals surface area contributed by atoms with E-state index in [1.165, 1.54) is 17.2 Å². The number of nitrogens with one attached hydrogen (secondary N) is 1. The predicted octanol–water partition coefficient (Wildman–Crippen LogP) is 0.904. The molecule has 4 aromatic heterocycles. The summed E-state index contributed by atoms with van der Waals surface area (Å²) in [4.78, 5) is 32.3. The van der Waals surface area contributed by atoms with Crippen molar-refractivity contribution in [3.8, 4) is 5.95 Å². The second kappa shape index (κ2) is 5.62. The molecule has 4 rings (SSSR count). The van der Waals surface area contributed by atoms with E-state index in [4.69, 9.17) is 5.73 Å². The van der Waals surface area contributed by atoms with Gasteiger partial charge in [0.2, 0.25) is 0 Å². The van der Waals surface area contributed by atoms with E-state index in [0.29, 0.717) is 32.8 Å². The van der Waals surface area contributed by atoms with Crippen molar-refractivity contribution >= 4 is 39.2 Å². The molecule has 0 atom stereocenters. The fraction of sp³-hybridized carbons (Fsp3) is 0. The number of nitrogens with two attached hydrogens (primary N) is 1. The molecule has 0 spiro atoms. The molecule has 4 heterocycles. The predicted molar refractivity (Wildman–Crippen MR) is 86.2 cm³/mol. The minimum Gasteiger partial charge on any atom is -0.365 e. The van der Waals surface area contributed by atoms with E-state index in [9.17, 15) is 4.79 Å². The quantitative estimate of drug-likeness (QED) is 0.559. The van der Waals surface area contributed by atoms with Gasteiger partial charge in [0.25, 0.3) is 11.9 Å². The SMILES string of the molecule is NC(=O)c1cnc(Nc2ncnc3c2cnn3-c2ncccn2)s1. The number of carbonyl (C=O) groups is 1. The van der Waals surface area contributed by atoms with Crippen molar-refractivity contribution in [1.29, 1.82) is 0 Å². The Labute approximate surface area is 138 Å². The maximum absolute atomic E-state index is 11.2. The van der Waals surface area contributed by atoms with Crippen LogP contribution < -0.4 is 11.1 Å². The topological polar surface area (TPSA) is 137 Å². The summed E-state index contributed by atoms with van der Waals surface area (Å²) < 4.78 is 1.51. The summed E-state index contributed by atoms with van der Waals surface area (Å²) in [5.41, 5.74) is 5.78. The third-order valence-corrected chi connectivity index (χ3v) is 4.01. The Morgan fingerprint density at radius 3 is 2.71 bits per heavy atom. The van der Waals surface area contributed by atoms with Gasteiger partial charge in [-0.05, 0) is 6.07 Å². The summed E-state index contributed by atoms with van der Waals surface area (Å²) in [7, 11) is 0. The van der Waals surface area contributed by atoms with Crippen molar-refractivity contribution < 1.29 is 4.79 Å². The monoisotopic (exact) mass is 339 g/mol. The molecule has 118 valence electrons. The van der Waals surface area contributed by atoms with Gasteiger partial charge in [-0.25, -0.2) is 24.9 Å². The average Bonchev–Trinajstić information content (AvgIpc) is 3.23. The van der Waals surface area contributed by atoms with Crippen LogP contribution in [0.5, 0.6) is 0 Å². The maximum Gasteiger partial charge on any atom is 0.260 e. The van der Waals surface area contributed by atoms with Gasteiger partial charge in [0, 0.05) is 12.4 Å². The number of aromatic nitrogens is 7. The Morgan fingerprint density at radius 2 is 1.96 bits per heavy atom. The summed E-state index contributed by atoms with van der Waals surface area (Å²) in [6.45, 7) is 0. The van der Waals surface area contributed by atoms with E-state index < -0.39 is 5.91 Å². The third-order valence-electron chi connectivity index (χ3n) is 3.08. The normalized spacial score (nSPS) is 10.8. The van der Waals surface area contributed by atoms with E-state index in [2.05, 4.69) is 35.3 Å². The van der Waals surface area contributed by atoms with E-state index in [-0.39, 0.29) is 0 Å².